The molecule has 0 saturated heterocycles. The van der Waals surface area contributed by atoms with Gasteiger partial charge in [-0.15, -0.1) is 0 Å². The second-order valence-corrected chi connectivity index (χ2v) is 6.21. The molecule has 1 fully saturated rings. The summed E-state index contributed by atoms with van der Waals surface area (Å²) in [6.45, 7) is 0.472. The van der Waals surface area contributed by atoms with E-state index in [1.54, 1.807) is 25.3 Å². The van der Waals surface area contributed by atoms with Crippen molar-refractivity contribution in [3.63, 3.8) is 0 Å². The first-order chi connectivity index (χ1) is 12.6. The van der Waals surface area contributed by atoms with E-state index in [0.29, 0.717) is 30.2 Å². The number of carbonyl (C=O) groups is 2. The molecule has 2 atom stereocenters. The maximum absolute atomic E-state index is 12.4. The van der Waals surface area contributed by atoms with Crippen LogP contribution in [0.5, 0.6) is 11.5 Å². The molecule has 136 valence electrons. The Balaban J connectivity index is 1.51. The minimum absolute atomic E-state index is 0.0821. The third-order valence-corrected chi connectivity index (χ3v) is 4.42. The van der Waals surface area contributed by atoms with Gasteiger partial charge in [0.05, 0.1) is 26.1 Å². The van der Waals surface area contributed by atoms with E-state index in [9.17, 15) is 9.59 Å². The summed E-state index contributed by atoms with van der Waals surface area (Å²) >= 11 is 0. The molecule has 0 radical (unpaired) electrons. The Morgan fingerprint density at radius 2 is 1.65 bits per heavy atom. The predicted octanol–water partition coefficient (Wildman–Crippen LogP) is 2.59. The zero-order chi connectivity index (χ0) is 18.5. The highest BCUT2D eigenvalue weighted by Gasteiger charge is 2.47. The average molecular weight is 354 g/mol. The van der Waals surface area contributed by atoms with Gasteiger partial charge in [0.25, 0.3) is 0 Å². The number of rotatable bonds is 7. The number of carbonyl (C=O) groups excluding carboxylic acids is 2. The van der Waals surface area contributed by atoms with Crippen LogP contribution in [0.3, 0.4) is 0 Å². The first kappa shape index (κ1) is 17.8. The van der Waals surface area contributed by atoms with Crippen LogP contribution in [0.25, 0.3) is 0 Å². The Hall–Kier alpha value is -3.02. The fourth-order valence-corrected chi connectivity index (χ4v) is 2.84. The average Bonchev–Trinajstić information content (AvgIpc) is 3.48. The lowest BCUT2D eigenvalue weighted by atomic mass is 10.2. The van der Waals surface area contributed by atoms with E-state index in [1.807, 2.05) is 30.3 Å². The van der Waals surface area contributed by atoms with Gasteiger partial charge < -0.3 is 20.1 Å². The predicted molar refractivity (Wildman–Crippen MR) is 98.1 cm³/mol. The number of amides is 2. The largest absolute Gasteiger partial charge is 0.493 e. The van der Waals surface area contributed by atoms with Crippen molar-refractivity contribution >= 4 is 17.5 Å². The van der Waals surface area contributed by atoms with E-state index in [4.69, 9.17) is 9.47 Å². The zero-order valence-corrected chi connectivity index (χ0v) is 14.8. The van der Waals surface area contributed by atoms with Crippen molar-refractivity contribution < 1.29 is 19.1 Å². The topological polar surface area (TPSA) is 76.7 Å². The van der Waals surface area contributed by atoms with Crippen LogP contribution in [-0.4, -0.2) is 26.0 Å². The molecule has 6 nitrogen and oxygen atoms in total. The van der Waals surface area contributed by atoms with Gasteiger partial charge in [-0.25, -0.2) is 0 Å². The molecule has 1 aliphatic rings. The van der Waals surface area contributed by atoms with Crippen molar-refractivity contribution in [2.24, 2.45) is 11.8 Å². The molecular weight excluding hydrogens is 332 g/mol. The maximum Gasteiger partial charge on any atom is 0.228 e. The molecule has 2 aromatic rings. The second-order valence-electron chi connectivity index (χ2n) is 6.21. The Kier molecular flexibility index (Phi) is 5.41. The minimum atomic E-state index is -0.293. The minimum Gasteiger partial charge on any atom is -0.493 e. The summed E-state index contributed by atoms with van der Waals surface area (Å²) < 4.78 is 10.4. The number of benzene rings is 2. The van der Waals surface area contributed by atoms with Gasteiger partial charge in [-0.3, -0.25) is 9.59 Å². The van der Waals surface area contributed by atoms with Gasteiger partial charge >= 0.3 is 0 Å². The van der Waals surface area contributed by atoms with Gasteiger partial charge in [0, 0.05) is 18.3 Å². The molecule has 2 aromatic carbocycles. The maximum atomic E-state index is 12.4. The fourth-order valence-electron chi connectivity index (χ4n) is 2.84. The number of ether oxygens (including phenoxy) is 2. The number of anilines is 1. The molecule has 0 bridgehead atoms. The molecule has 6 heteroatoms. The van der Waals surface area contributed by atoms with Crippen molar-refractivity contribution in [3.05, 3.63) is 54.1 Å². The highest BCUT2D eigenvalue weighted by Crippen LogP contribution is 2.40. The Morgan fingerprint density at radius 1 is 0.962 bits per heavy atom. The van der Waals surface area contributed by atoms with Crippen molar-refractivity contribution in [3.8, 4) is 11.5 Å². The van der Waals surface area contributed by atoms with E-state index in [-0.39, 0.29) is 23.7 Å². The molecule has 1 saturated carbocycles. The lowest BCUT2D eigenvalue weighted by Crippen LogP contribution is -2.27. The first-order valence-corrected chi connectivity index (χ1v) is 8.47. The Morgan fingerprint density at radius 3 is 2.35 bits per heavy atom. The summed E-state index contributed by atoms with van der Waals surface area (Å²) in [5.74, 6) is 0.337. The highest BCUT2D eigenvalue weighted by atomic mass is 16.5. The smallest absolute Gasteiger partial charge is 0.228 e. The highest BCUT2D eigenvalue weighted by molar-refractivity contribution is 5.99. The van der Waals surface area contributed by atoms with Crippen LogP contribution in [0.1, 0.15) is 12.0 Å². The van der Waals surface area contributed by atoms with Crippen LogP contribution in [0.15, 0.2) is 48.5 Å². The fraction of sp³-hybridized carbons (Fsp3) is 0.300. The standard InChI is InChI=1S/C20H22N2O4/c1-25-17-9-8-14(10-18(17)26-2)22-20(24)16-11-15(16)19(23)21-12-13-6-4-3-5-7-13/h3-10,15-16H,11-12H2,1-2H3,(H,21,23)(H,22,24). The van der Waals surface area contributed by atoms with Gasteiger partial charge in [-0.2, -0.15) is 0 Å². The SMILES string of the molecule is COc1ccc(NC(=O)C2CC2C(=O)NCc2ccccc2)cc1OC. The summed E-state index contributed by atoms with van der Waals surface area (Å²) in [4.78, 5) is 24.6. The van der Waals surface area contributed by atoms with E-state index in [2.05, 4.69) is 10.6 Å². The quantitative estimate of drug-likeness (QED) is 0.801. The molecule has 2 N–H and O–H groups in total. The van der Waals surface area contributed by atoms with Gasteiger partial charge in [-0.05, 0) is 24.1 Å². The lowest BCUT2D eigenvalue weighted by Gasteiger charge is -2.10. The third kappa shape index (κ3) is 4.14. The van der Waals surface area contributed by atoms with Crippen LogP contribution in [0, 0.1) is 11.8 Å². The van der Waals surface area contributed by atoms with Gasteiger partial charge in [0.1, 0.15) is 0 Å². The summed E-state index contributed by atoms with van der Waals surface area (Å²) in [7, 11) is 3.09. The monoisotopic (exact) mass is 354 g/mol. The van der Waals surface area contributed by atoms with Gasteiger partial charge in [0.15, 0.2) is 11.5 Å². The summed E-state index contributed by atoms with van der Waals surface area (Å²) in [6, 6.07) is 14.9. The third-order valence-electron chi connectivity index (χ3n) is 4.42. The van der Waals surface area contributed by atoms with Crippen molar-refractivity contribution in [2.45, 2.75) is 13.0 Å². The summed E-state index contributed by atoms with van der Waals surface area (Å²) in [5.41, 5.74) is 1.65. The van der Waals surface area contributed by atoms with Gasteiger partial charge in [0.2, 0.25) is 11.8 Å². The van der Waals surface area contributed by atoms with Crippen molar-refractivity contribution in [2.75, 3.05) is 19.5 Å². The number of hydrogen-bond donors (Lipinski definition) is 2. The molecule has 1 aliphatic carbocycles. The van der Waals surface area contributed by atoms with Crippen LogP contribution < -0.4 is 20.1 Å². The van der Waals surface area contributed by atoms with E-state index < -0.39 is 0 Å². The Labute approximate surface area is 152 Å². The van der Waals surface area contributed by atoms with E-state index >= 15 is 0 Å². The van der Waals surface area contributed by atoms with Gasteiger partial charge in [-0.1, -0.05) is 30.3 Å². The zero-order valence-electron chi connectivity index (χ0n) is 14.8. The molecule has 0 aliphatic heterocycles. The van der Waals surface area contributed by atoms with Crippen LogP contribution in [0.2, 0.25) is 0 Å². The molecule has 3 rings (SSSR count). The molecule has 2 unspecified atom stereocenters. The lowest BCUT2D eigenvalue weighted by molar-refractivity contribution is -0.125. The number of methoxy groups -OCH3 is 2. The second kappa shape index (κ2) is 7.91. The molecule has 26 heavy (non-hydrogen) atoms. The van der Waals surface area contributed by atoms with E-state index in [1.165, 1.54) is 7.11 Å². The molecular formula is C20H22N2O4. The molecule has 0 aromatic heterocycles. The normalized spacial score (nSPS) is 17.9. The Bertz CT molecular complexity index is 792. The number of hydrogen-bond acceptors (Lipinski definition) is 4. The van der Waals surface area contributed by atoms with Crippen molar-refractivity contribution in [1.29, 1.82) is 0 Å². The van der Waals surface area contributed by atoms with E-state index in [0.717, 1.165) is 5.56 Å². The summed E-state index contributed by atoms with van der Waals surface area (Å²) in [6.07, 6.45) is 0.569. The number of nitrogens with one attached hydrogen (secondary N) is 2. The van der Waals surface area contributed by atoms with Crippen LogP contribution in [0.4, 0.5) is 5.69 Å². The van der Waals surface area contributed by atoms with Crippen LogP contribution in [-0.2, 0) is 16.1 Å². The van der Waals surface area contributed by atoms with Crippen molar-refractivity contribution in [1.82, 2.24) is 5.32 Å². The molecule has 2 amide bonds. The van der Waals surface area contributed by atoms with Crippen LogP contribution >= 0.6 is 0 Å². The molecule has 0 heterocycles. The first-order valence-electron chi connectivity index (χ1n) is 8.47. The molecule has 0 spiro atoms. The summed E-state index contributed by atoms with van der Waals surface area (Å²) in [5, 5.41) is 5.72.